The number of benzene rings is 1. The quantitative estimate of drug-likeness (QED) is 0.698. The summed E-state index contributed by atoms with van der Waals surface area (Å²) in [7, 11) is 0. The summed E-state index contributed by atoms with van der Waals surface area (Å²) in [5.74, 6) is 0.468. The number of rotatable bonds is 4. The molecule has 1 heteroatoms. The van der Waals surface area contributed by atoms with Crippen molar-refractivity contribution in [2.24, 2.45) is 11.3 Å². The molecule has 2 atom stereocenters. The van der Waals surface area contributed by atoms with Gasteiger partial charge in [-0.15, -0.1) is 0 Å². The van der Waals surface area contributed by atoms with Gasteiger partial charge in [0.05, 0.1) is 0 Å². The molecule has 0 amide bonds. The summed E-state index contributed by atoms with van der Waals surface area (Å²) in [5, 5.41) is 0. The Morgan fingerprint density at radius 3 is 2.62 bits per heavy atom. The summed E-state index contributed by atoms with van der Waals surface area (Å²) in [6.45, 7) is 4.24. The predicted molar refractivity (Wildman–Crippen MR) is 67.0 cm³/mol. The van der Waals surface area contributed by atoms with E-state index in [1.807, 2.05) is 18.2 Å². The predicted octanol–water partition coefficient (Wildman–Crippen LogP) is 3.71. The zero-order chi connectivity index (χ0) is 11.6. The summed E-state index contributed by atoms with van der Waals surface area (Å²) >= 11 is 0. The van der Waals surface area contributed by atoms with Crippen molar-refractivity contribution in [3.63, 3.8) is 0 Å². The average molecular weight is 214 g/mol. The number of hydrogen-bond donors (Lipinski definition) is 0. The van der Waals surface area contributed by atoms with Gasteiger partial charge in [-0.1, -0.05) is 48.9 Å². The average Bonchev–Trinajstić information content (AvgIpc) is 3.06. The van der Waals surface area contributed by atoms with Crippen LogP contribution in [0.2, 0.25) is 0 Å². The van der Waals surface area contributed by atoms with Crippen LogP contribution in [0.15, 0.2) is 35.9 Å². The molecule has 0 N–H and O–H groups in total. The van der Waals surface area contributed by atoms with Crippen molar-refractivity contribution in [3.8, 4) is 0 Å². The first-order valence-corrected chi connectivity index (χ1v) is 5.91. The fourth-order valence-corrected chi connectivity index (χ4v) is 2.45. The van der Waals surface area contributed by atoms with E-state index in [1.54, 1.807) is 0 Å². The van der Waals surface area contributed by atoms with E-state index >= 15 is 0 Å². The Balaban J connectivity index is 2.13. The molecule has 0 saturated heterocycles. The molecule has 1 aliphatic carbocycles. The Kier molecular flexibility index (Phi) is 2.95. The maximum Gasteiger partial charge on any atom is 0.126 e. The molecule has 0 aliphatic heterocycles. The van der Waals surface area contributed by atoms with Crippen LogP contribution in [0, 0.1) is 11.3 Å². The van der Waals surface area contributed by atoms with E-state index in [2.05, 4.69) is 32.1 Å². The zero-order valence-corrected chi connectivity index (χ0v) is 9.94. The van der Waals surface area contributed by atoms with Crippen molar-refractivity contribution in [2.75, 3.05) is 0 Å². The van der Waals surface area contributed by atoms with Crippen molar-refractivity contribution < 1.29 is 4.79 Å². The summed E-state index contributed by atoms with van der Waals surface area (Å²) < 4.78 is 0. The van der Waals surface area contributed by atoms with Crippen LogP contribution in [0.5, 0.6) is 0 Å². The zero-order valence-electron chi connectivity index (χ0n) is 9.94. The molecule has 0 bridgehead atoms. The van der Waals surface area contributed by atoms with Crippen LogP contribution in [0.25, 0.3) is 6.08 Å². The Labute approximate surface area is 97.2 Å². The number of hydrogen-bond acceptors (Lipinski definition) is 1. The topological polar surface area (TPSA) is 17.1 Å². The van der Waals surface area contributed by atoms with Crippen LogP contribution in [-0.2, 0) is 4.79 Å². The lowest BCUT2D eigenvalue weighted by atomic mass is 9.97. The van der Waals surface area contributed by atoms with E-state index < -0.39 is 0 Å². The first-order valence-electron chi connectivity index (χ1n) is 5.91. The Morgan fingerprint density at radius 2 is 2.12 bits per heavy atom. The van der Waals surface area contributed by atoms with Gasteiger partial charge in [-0.05, 0) is 31.2 Å². The van der Waals surface area contributed by atoms with E-state index in [-0.39, 0.29) is 5.41 Å². The van der Waals surface area contributed by atoms with Crippen molar-refractivity contribution in [3.05, 3.63) is 41.5 Å². The molecule has 1 nitrogen and oxygen atoms in total. The molecule has 2 unspecified atom stereocenters. The van der Waals surface area contributed by atoms with E-state index in [1.165, 1.54) is 11.1 Å². The highest BCUT2D eigenvalue weighted by molar-refractivity contribution is 5.68. The van der Waals surface area contributed by atoms with Gasteiger partial charge < -0.3 is 4.79 Å². The first-order chi connectivity index (χ1) is 7.72. The van der Waals surface area contributed by atoms with Gasteiger partial charge >= 0.3 is 0 Å². The van der Waals surface area contributed by atoms with Crippen molar-refractivity contribution in [1.82, 2.24) is 0 Å². The fraction of sp³-hybridized carbons (Fsp3) is 0.400. The first kappa shape index (κ1) is 11.1. The molecular weight excluding hydrogens is 196 g/mol. The molecule has 2 rings (SSSR count). The number of carbonyl (C=O) groups is 1. The van der Waals surface area contributed by atoms with Crippen LogP contribution >= 0.6 is 0 Å². The lowest BCUT2D eigenvalue weighted by Gasteiger charge is -2.06. The number of allylic oxidation sites excluding steroid dienone is 1. The molecule has 0 aromatic heterocycles. The normalized spacial score (nSPS) is 28.9. The highest BCUT2D eigenvalue weighted by Gasteiger charge is 2.53. The minimum absolute atomic E-state index is 0.0463. The molecule has 0 heterocycles. The van der Waals surface area contributed by atoms with Crippen molar-refractivity contribution >= 4 is 12.4 Å². The van der Waals surface area contributed by atoms with Crippen molar-refractivity contribution in [2.45, 2.75) is 26.7 Å². The second-order valence-corrected chi connectivity index (χ2v) is 4.76. The van der Waals surface area contributed by atoms with Crippen LogP contribution in [0.3, 0.4) is 0 Å². The molecule has 1 saturated carbocycles. The Morgan fingerprint density at radius 1 is 1.44 bits per heavy atom. The molecule has 1 aromatic carbocycles. The molecule has 0 spiro atoms. The second-order valence-electron chi connectivity index (χ2n) is 4.76. The van der Waals surface area contributed by atoms with Gasteiger partial charge in [-0.3, -0.25) is 0 Å². The second kappa shape index (κ2) is 4.25. The maximum atomic E-state index is 11.1. The van der Waals surface area contributed by atoms with E-state index in [0.29, 0.717) is 5.92 Å². The minimum Gasteiger partial charge on any atom is -0.303 e. The highest BCUT2D eigenvalue weighted by Crippen LogP contribution is 2.57. The van der Waals surface area contributed by atoms with Gasteiger partial charge in [-0.25, -0.2) is 0 Å². The van der Waals surface area contributed by atoms with Crippen molar-refractivity contribution in [1.29, 1.82) is 0 Å². The van der Waals surface area contributed by atoms with Crippen LogP contribution < -0.4 is 0 Å². The van der Waals surface area contributed by atoms with Gasteiger partial charge in [0, 0.05) is 5.41 Å². The summed E-state index contributed by atoms with van der Waals surface area (Å²) in [4.78, 5) is 11.1. The third-order valence-corrected chi connectivity index (χ3v) is 3.75. The Bertz CT molecular complexity index is 405. The van der Waals surface area contributed by atoms with Crippen LogP contribution in [0.1, 0.15) is 32.3 Å². The molecule has 84 valence electrons. The van der Waals surface area contributed by atoms with Gasteiger partial charge in [0.2, 0.25) is 0 Å². The van der Waals surface area contributed by atoms with E-state index in [0.717, 1.165) is 19.1 Å². The molecule has 16 heavy (non-hydrogen) atoms. The van der Waals surface area contributed by atoms with Gasteiger partial charge in [0.1, 0.15) is 6.29 Å². The smallest absolute Gasteiger partial charge is 0.126 e. The minimum atomic E-state index is -0.0463. The van der Waals surface area contributed by atoms with E-state index in [4.69, 9.17) is 0 Å². The summed E-state index contributed by atoms with van der Waals surface area (Å²) in [5.41, 5.74) is 2.51. The molecular formula is C15H18O. The Hall–Kier alpha value is -1.37. The van der Waals surface area contributed by atoms with Gasteiger partial charge in [-0.2, -0.15) is 0 Å². The molecule has 0 radical (unpaired) electrons. The van der Waals surface area contributed by atoms with Crippen LogP contribution in [0.4, 0.5) is 0 Å². The lowest BCUT2D eigenvalue weighted by Crippen LogP contribution is -2.04. The standard InChI is InChI=1S/C15H18O/c1-3-15(11-16)10-14(15)12(2)9-13-7-5-4-6-8-13/h4-9,11,14H,3,10H2,1-2H3/b12-9+. The SMILES string of the molecule is CCC1(C=O)CC1/C(C)=C/c1ccccc1. The summed E-state index contributed by atoms with van der Waals surface area (Å²) in [6.07, 6.45) is 5.34. The third-order valence-electron chi connectivity index (χ3n) is 3.75. The largest absolute Gasteiger partial charge is 0.303 e. The maximum absolute atomic E-state index is 11.1. The third kappa shape index (κ3) is 1.95. The fourth-order valence-electron chi connectivity index (χ4n) is 2.45. The highest BCUT2D eigenvalue weighted by atomic mass is 16.1. The number of carbonyl (C=O) groups excluding carboxylic acids is 1. The number of aldehydes is 1. The van der Waals surface area contributed by atoms with Crippen LogP contribution in [-0.4, -0.2) is 6.29 Å². The van der Waals surface area contributed by atoms with Gasteiger partial charge in [0.25, 0.3) is 0 Å². The molecule has 1 aliphatic rings. The van der Waals surface area contributed by atoms with E-state index in [9.17, 15) is 4.79 Å². The molecule has 1 aromatic rings. The van der Waals surface area contributed by atoms with Gasteiger partial charge in [0.15, 0.2) is 0 Å². The monoisotopic (exact) mass is 214 g/mol. The lowest BCUT2D eigenvalue weighted by molar-refractivity contribution is -0.112. The summed E-state index contributed by atoms with van der Waals surface area (Å²) in [6, 6.07) is 10.3. The molecule has 1 fully saturated rings.